The molecule has 1 unspecified atom stereocenters. The molecule has 5 heteroatoms. The van der Waals surface area contributed by atoms with Gasteiger partial charge in [0.15, 0.2) is 0 Å². The maximum atomic E-state index is 11.5. The second kappa shape index (κ2) is 6.23. The van der Waals surface area contributed by atoms with Crippen molar-refractivity contribution in [3.05, 3.63) is 36.0 Å². The number of primary amides is 1. The zero-order valence-corrected chi connectivity index (χ0v) is 11.7. The first kappa shape index (κ1) is 14.1. The van der Waals surface area contributed by atoms with Crippen LogP contribution in [-0.4, -0.2) is 23.2 Å². The minimum atomic E-state index is -0.322. The molecule has 2 aromatic rings. The second-order valence-electron chi connectivity index (χ2n) is 4.68. The van der Waals surface area contributed by atoms with E-state index in [-0.39, 0.29) is 11.8 Å². The molecule has 0 aliphatic rings. The first-order chi connectivity index (χ1) is 9.65. The zero-order valence-electron chi connectivity index (χ0n) is 11.7. The number of nitrogens with one attached hydrogen (secondary N) is 1. The van der Waals surface area contributed by atoms with E-state index in [0.717, 1.165) is 35.5 Å². The van der Waals surface area contributed by atoms with Crippen molar-refractivity contribution in [2.45, 2.75) is 25.7 Å². The van der Waals surface area contributed by atoms with Gasteiger partial charge >= 0.3 is 0 Å². The SMILES string of the molecule is CCCC(C(N)=O)c1cc(-c2ccc(OC)cc2)n[nH]1. The Labute approximate surface area is 118 Å². The molecule has 0 aliphatic carbocycles. The molecule has 1 atom stereocenters. The molecule has 0 radical (unpaired) electrons. The number of methoxy groups -OCH3 is 1. The topological polar surface area (TPSA) is 81.0 Å². The summed E-state index contributed by atoms with van der Waals surface area (Å²) in [6.07, 6.45) is 1.62. The maximum Gasteiger partial charge on any atom is 0.226 e. The zero-order chi connectivity index (χ0) is 14.5. The van der Waals surface area contributed by atoms with Gasteiger partial charge in [0.05, 0.1) is 18.7 Å². The van der Waals surface area contributed by atoms with E-state index in [9.17, 15) is 4.79 Å². The number of nitrogens with two attached hydrogens (primary N) is 1. The van der Waals surface area contributed by atoms with Gasteiger partial charge in [0, 0.05) is 11.3 Å². The summed E-state index contributed by atoms with van der Waals surface area (Å²) >= 11 is 0. The van der Waals surface area contributed by atoms with Gasteiger partial charge in [-0.05, 0) is 36.8 Å². The van der Waals surface area contributed by atoms with Crippen molar-refractivity contribution < 1.29 is 9.53 Å². The summed E-state index contributed by atoms with van der Waals surface area (Å²) in [6.45, 7) is 2.02. The van der Waals surface area contributed by atoms with E-state index >= 15 is 0 Å². The van der Waals surface area contributed by atoms with Gasteiger partial charge in [-0.3, -0.25) is 9.89 Å². The lowest BCUT2D eigenvalue weighted by Gasteiger charge is -2.08. The van der Waals surface area contributed by atoms with Crippen LogP contribution in [0.3, 0.4) is 0 Å². The number of hydrogen-bond donors (Lipinski definition) is 2. The molecule has 3 N–H and O–H groups in total. The molecule has 0 aliphatic heterocycles. The fraction of sp³-hybridized carbons (Fsp3) is 0.333. The van der Waals surface area contributed by atoms with Crippen LogP contribution < -0.4 is 10.5 Å². The van der Waals surface area contributed by atoms with E-state index in [1.54, 1.807) is 7.11 Å². The molecule has 0 saturated carbocycles. The summed E-state index contributed by atoms with van der Waals surface area (Å²) in [4.78, 5) is 11.5. The average Bonchev–Trinajstić information content (AvgIpc) is 2.94. The van der Waals surface area contributed by atoms with Gasteiger partial charge in [0.1, 0.15) is 5.75 Å². The summed E-state index contributed by atoms with van der Waals surface area (Å²) in [5.41, 5.74) is 7.97. The lowest BCUT2D eigenvalue weighted by molar-refractivity contribution is -0.119. The van der Waals surface area contributed by atoms with E-state index in [2.05, 4.69) is 10.2 Å². The summed E-state index contributed by atoms with van der Waals surface area (Å²) in [5, 5.41) is 7.17. The third kappa shape index (κ3) is 2.99. The highest BCUT2D eigenvalue weighted by atomic mass is 16.5. The van der Waals surface area contributed by atoms with Crippen molar-refractivity contribution in [2.75, 3.05) is 7.11 Å². The van der Waals surface area contributed by atoms with Crippen molar-refractivity contribution in [3.63, 3.8) is 0 Å². The number of carbonyl (C=O) groups is 1. The Morgan fingerprint density at radius 1 is 1.40 bits per heavy atom. The third-order valence-electron chi connectivity index (χ3n) is 3.28. The average molecular weight is 273 g/mol. The highest BCUT2D eigenvalue weighted by Crippen LogP contribution is 2.25. The number of amides is 1. The third-order valence-corrected chi connectivity index (χ3v) is 3.28. The van der Waals surface area contributed by atoms with E-state index in [1.165, 1.54) is 0 Å². The monoisotopic (exact) mass is 273 g/mol. The van der Waals surface area contributed by atoms with Crippen LogP contribution >= 0.6 is 0 Å². The Bertz CT molecular complexity index is 575. The number of ether oxygens (including phenoxy) is 1. The number of hydrogen-bond acceptors (Lipinski definition) is 3. The Morgan fingerprint density at radius 3 is 2.65 bits per heavy atom. The van der Waals surface area contributed by atoms with E-state index < -0.39 is 0 Å². The normalized spacial score (nSPS) is 12.1. The Morgan fingerprint density at radius 2 is 2.10 bits per heavy atom. The van der Waals surface area contributed by atoms with Gasteiger partial charge in [-0.25, -0.2) is 0 Å². The molecule has 0 fully saturated rings. The summed E-state index contributed by atoms with van der Waals surface area (Å²) < 4.78 is 5.12. The number of carbonyl (C=O) groups excluding carboxylic acids is 1. The van der Waals surface area contributed by atoms with Crippen LogP contribution in [0.4, 0.5) is 0 Å². The number of aromatic amines is 1. The summed E-state index contributed by atoms with van der Waals surface area (Å²) in [6, 6.07) is 9.49. The fourth-order valence-corrected chi connectivity index (χ4v) is 2.16. The van der Waals surface area contributed by atoms with Gasteiger partial charge in [0.25, 0.3) is 0 Å². The highest BCUT2D eigenvalue weighted by Gasteiger charge is 2.19. The number of aromatic nitrogens is 2. The van der Waals surface area contributed by atoms with Crippen LogP contribution in [0.25, 0.3) is 11.3 Å². The Kier molecular flexibility index (Phi) is 4.40. The summed E-state index contributed by atoms with van der Waals surface area (Å²) in [5.74, 6) is 0.168. The lowest BCUT2D eigenvalue weighted by atomic mass is 9.98. The number of H-pyrrole nitrogens is 1. The fourth-order valence-electron chi connectivity index (χ4n) is 2.16. The van der Waals surface area contributed by atoms with Crippen LogP contribution in [0, 0.1) is 0 Å². The van der Waals surface area contributed by atoms with E-state index in [4.69, 9.17) is 10.5 Å². The van der Waals surface area contributed by atoms with Crippen molar-refractivity contribution >= 4 is 5.91 Å². The molecule has 106 valence electrons. The quantitative estimate of drug-likeness (QED) is 0.848. The summed E-state index contributed by atoms with van der Waals surface area (Å²) in [7, 11) is 1.63. The molecule has 0 saturated heterocycles. The molecule has 5 nitrogen and oxygen atoms in total. The molecular formula is C15H19N3O2. The molecule has 1 amide bonds. The van der Waals surface area contributed by atoms with Crippen LogP contribution in [0.1, 0.15) is 31.4 Å². The first-order valence-electron chi connectivity index (χ1n) is 6.64. The predicted molar refractivity (Wildman–Crippen MR) is 77.4 cm³/mol. The van der Waals surface area contributed by atoms with Crippen LogP contribution in [0.5, 0.6) is 5.75 Å². The first-order valence-corrected chi connectivity index (χ1v) is 6.64. The Hall–Kier alpha value is -2.30. The van der Waals surface area contributed by atoms with Crippen molar-refractivity contribution in [3.8, 4) is 17.0 Å². The molecule has 1 aromatic heterocycles. The van der Waals surface area contributed by atoms with Crippen LogP contribution in [0.15, 0.2) is 30.3 Å². The molecule has 1 aromatic carbocycles. The molecular weight excluding hydrogens is 254 g/mol. The lowest BCUT2D eigenvalue weighted by Crippen LogP contribution is -2.21. The molecule has 2 rings (SSSR count). The minimum Gasteiger partial charge on any atom is -0.497 e. The largest absolute Gasteiger partial charge is 0.497 e. The number of rotatable bonds is 6. The van der Waals surface area contributed by atoms with E-state index in [1.807, 2.05) is 37.3 Å². The van der Waals surface area contributed by atoms with Crippen molar-refractivity contribution in [1.82, 2.24) is 10.2 Å². The van der Waals surface area contributed by atoms with Gasteiger partial charge in [-0.15, -0.1) is 0 Å². The second-order valence-corrected chi connectivity index (χ2v) is 4.68. The number of benzene rings is 1. The van der Waals surface area contributed by atoms with Gasteiger partial charge in [-0.1, -0.05) is 13.3 Å². The maximum absolute atomic E-state index is 11.5. The highest BCUT2D eigenvalue weighted by molar-refractivity contribution is 5.81. The van der Waals surface area contributed by atoms with Crippen molar-refractivity contribution in [2.24, 2.45) is 5.73 Å². The molecule has 0 bridgehead atoms. The van der Waals surface area contributed by atoms with Crippen LogP contribution in [-0.2, 0) is 4.79 Å². The van der Waals surface area contributed by atoms with Gasteiger partial charge in [0.2, 0.25) is 5.91 Å². The smallest absolute Gasteiger partial charge is 0.226 e. The minimum absolute atomic E-state index is 0.306. The Balaban J connectivity index is 2.24. The van der Waals surface area contributed by atoms with Crippen molar-refractivity contribution in [1.29, 1.82) is 0 Å². The van der Waals surface area contributed by atoms with Gasteiger partial charge in [-0.2, -0.15) is 5.10 Å². The molecule has 1 heterocycles. The van der Waals surface area contributed by atoms with E-state index in [0.29, 0.717) is 0 Å². The molecule has 0 spiro atoms. The van der Waals surface area contributed by atoms with Gasteiger partial charge < -0.3 is 10.5 Å². The predicted octanol–water partition coefficient (Wildman–Crippen LogP) is 2.45. The standard InChI is InChI=1S/C15H19N3O2/c1-3-4-12(15(16)19)14-9-13(17-18-14)10-5-7-11(20-2)8-6-10/h5-9,12H,3-4H2,1-2H3,(H2,16,19)(H,17,18). The number of nitrogens with zero attached hydrogens (tertiary/aromatic N) is 1. The van der Waals surface area contributed by atoms with Crippen LogP contribution in [0.2, 0.25) is 0 Å². The molecule has 20 heavy (non-hydrogen) atoms.